The van der Waals surface area contributed by atoms with Crippen molar-refractivity contribution in [3.05, 3.63) is 110 Å². The van der Waals surface area contributed by atoms with Crippen molar-refractivity contribution in [1.82, 2.24) is 34.9 Å². The van der Waals surface area contributed by atoms with E-state index in [2.05, 4.69) is 50.4 Å². The van der Waals surface area contributed by atoms with Gasteiger partial charge in [-0.05, 0) is 91.1 Å². The van der Waals surface area contributed by atoms with Gasteiger partial charge in [-0.1, -0.05) is 24.3 Å². The van der Waals surface area contributed by atoms with Gasteiger partial charge in [0, 0.05) is 125 Å². The van der Waals surface area contributed by atoms with Crippen LogP contribution in [-0.2, 0) is 40.8 Å². The van der Waals surface area contributed by atoms with Gasteiger partial charge >= 0.3 is 5.69 Å². The molecule has 8 rings (SSSR count). The van der Waals surface area contributed by atoms with E-state index in [0.29, 0.717) is 60.3 Å². The average Bonchev–Trinajstić information content (AvgIpc) is 3.56. The number of alkyl halides is 2. The first kappa shape index (κ1) is 45.9. The number of imidazole rings is 1. The van der Waals surface area contributed by atoms with E-state index in [1.54, 1.807) is 31.3 Å². The summed E-state index contributed by atoms with van der Waals surface area (Å²) in [4.78, 5) is 56.1. The number of benzene rings is 3. The average molecular weight is 904 g/mol. The van der Waals surface area contributed by atoms with Gasteiger partial charge in [-0.3, -0.25) is 34.2 Å². The van der Waals surface area contributed by atoms with Crippen LogP contribution in [-0.4, -0.2) is 101 Å². The van der Waals surface area contributed by atoms with Crippen LogP contribution in [0.5, 0.6) is 0 Å². The Morgan fingerprint density at radius 1 is 0.939 bits per heavy atom. The molecule has 0 bridgehead atoms. The predicted molar refractivity (Wildman–Crippen MR) is 253 cm³/mol. The molecule has 3 amide bonds. The van der Waals surface area contributed by atoms with Crippen LogP contribution in [0.3, 0.4) is 0 Å². The maximum atomic E-state index is 14.6. The molecular weight excluding hydrogens is 845 g/mol. The molecule has 0 radical (unpaired) electrons. The molecule has 2 fully saturated rings. The molecular formula is C49H59F2N11O4. The lowest BCUT2D eigenvalue weighted by molar-refractivity contribution is -0.135. The largest absolute Gasteiger partial charge is 0.393 e. The normalized spacial score (nSPS) is 18.7. The number of nitrogens with zero attached hydrogens (tertiary/aromatic N) is 5. The van der Waals surface area contributed by atoms with Gasteiger partial charge in [0.15, 0.2) is 0 Å². The smallest absolute Gasteiger partial charge is 0.329 e. The first-order valence-electron chi connectivity index (χ1n) is 22.9. The quantitative estimate of drug-likeness (QED) is 0.0533. The molecule has 6 N–H and O–H groups in total. The van der Waals surface area contributed by atoms with E-state index in [1.807, 2.05) is 23.1 Å². The molecule has 348 valence electrons. The molecule has 4 aliphatic heterocycles. The summed E-state index contributed by atoms with van der Waals surface area (Å²) >= 11 is 0. The zero-order valence-corrected chi connectivity index (χ0v) is 37.8. The van der Waals surface area contributed by atoms with Gasteiger partial charge in [0.2, 0.25) is 17.7 Å². The standard InChI is InChI=1S/C49H59F2N11O4/c1-30(63)60-22-17-40(39(29-60)47(53)61-18-4-5-33-23-37(34(26-52)28-54-2)38(46(50)51)25-43(33)61)56-35-15-20-59(21-16-35)19-14-31-6-8-32(9-7-31)27-55-36-10-11-41-44(24-36)58(3)49(66)62(41)42-12-13-45(64)57-48(42)65/h6-11,23-26,28,35,42,46,52-56H,4-5,12-22,27,29H2,1-3H3,(H,57,64,65)/b34-28+,52-26?,53-47?. The maximum absolute atomic E-state index is 14.6. The second kappa shape index (κ2) is 19.9. The number of piperidine rings is 2. The summed E-state index contributed by atoms with van der Waals surface area (Å²) in [7, 11) is 3.35. The van der Waals surface area contributed by atoms with Gasteiger partial charge in [-0.2, -0.15) is 0 Å². The fourth-order valence-electron chi connectivity index (χ4n) is 9.80. The third-order valence-electron chi connectivity index (χ3n) is 13.5. The van der Waals surface area contributed by atoms with E-state index in [0.717, 1.165) is 79.6 Å². The highest BCUT2D eigenvalue weighted by atomic mass is 19.3. The number of carbonyl (C=O) groups is 3. The van der Waals surface area contributed by atoms with Gasteiger partial charge in [-0.15, -0.1) is 0 Å². The van der Waals surface area contributed by atoms with Crippen LogP contribution in [0.25, 0.3) is 16.6 Å². The van der Waals surface area contributed by atoms with Crippen LogP contribution in [0.15, 0.2) is 76.9 Å². The Kier molecular flexibility index (Phi) is 13.8. The topological polar surface area (TPSA) is 184 Å². The van der Waals surface area contributed by atoms with E-state index < -0.39 is 18.4 Å². The lowest BCUT2D eigenvalue weighted by atomic mass is 9.91. The van der Waals surface area contributed by atoms with Gasteiger partial charge in [0.25, 0.3) is 6.43 Å². The van der Waals surface area contributed by atoms with Crippen molar-refractivity contribution in [2.75, 3.05) is 56.5 Å². The highest BCUT2D eigenvalue weighted by Gasteiger charge is 2.33. The second-order valence-corrected chi connectivity index (χ2v) is 17.7. The number of hydrogen-bond donors (Lipinski definition) is 6. The molecule has 0 spiro atoms. The van der Waals surface area contributed by atoms with E-state index in [-0.39, 0.29) is 54.3 Å². The van der Waals surface area contributed by atoms with Crippen LogP contribution >= 0.6 is 0 Å². The van der Waals surface area contributed by atoms with E-state index in [4.69, 9.17) is 5.41 Å². The Morgan fingerprint density at radius 2 is 1.70 bits per heavy atom. The number of amidine groups is 1. The van der Waals surface area contributed by atoms with Crippen LogP contribution in [0, 0.1) is 10.8 Å². The number of allylic oxidation sites excluding steroid dienone is 1. The number of likely N-dealkylation sites (tertiary alicyclic amines) is 1. The first-order valence-corrected chi connectivity index (χ1v) is 22.9. The molecule has 1 aromatic heterocycles. The summed E-state index contributed by atoms with van der Waals surface area (Å²) in [6.07, 6.45) is 5.08. The minimum Gasteiger partial charge on any atom is -0.393 e. The van der Waals surface area contributed by atoms with Crippen molar-refractivity contribution in [2.45, 2.75) is 83.3 Å². The number of amides is 3. The van der Waals surface area contributed by atoms with Crippen molar-refractivity contribution in [2.24, 2.45) is 7.05 Å². The van der Waals surface area contributed by atoms with Crippen LogP contribution in [0.1, 0.15) is 85.7 Å². The number of aryl methyl sites for hydroxylation is 2. The number of anilines is 2. The number of aromatic nitrogens is 2. The van der Waals surface area contributed by atoms with E-state index >= 15 is 0 Å². The monoisotopic (exact) mass is 903 g/mol. The summed E-state index contributed by atoms with van der Waals surface area (Å²) in [5, 5.41) is 29.8. The summed E-state index contributed by atoms with van der Waals surface area (Å²) < 4.78 is 32.1. The highest BCUT2D eigenvalue weighted by Crippen LogP contribution is 2.38. The van der Waals surface area contributed by atoms with E-state index in [1.165, 1.54) is 27.7 Å². The molecule has 4 aliphatic rings. The summed E-state index contributed by atoms with van der Waals surface area (Å²) in [6.45, 7) is 6.22. The van der Waals surface area contributed by atoms with Gasteiger partial charge in [-0.25, -0.2) is 13.6 Å². The lowest BCUT2D eigenvalue weighted by Gasteiger charge is -2.39. The number of imide groups is 1. The fraction of sp³-hybridized carbons (Fsp3) is 0.429. The molecule has 2 saturated heterocycles. The van der Waals surface area contributed by atoms with Gasteiger partial charge in [0.05, 0.1) is 17.6 Å². The summed E-state index contributed by atoms with van der Waals surface area (Å²) in [5.74, 6) is -0.618. The number of carbonyl (C=O) groups excluding carboxylic acids is 3. The molecule has 4 aromatic rings. The first-order chi connectivity index (χ1) is 31.8. The lowest BCUT2D eigenvalue weighted by Crippen LogP contribution is -2.48. The molecule has 0 aliphatic carbocycles. The minimum absolute atomic E-state index is 0.0660. The zero-order chi connectivity index (χ0) is 46.6. The Labute approximate surface area is 382 Å². The Balaban J connectivity index is 0.865. The number of hydrogen-bond acceptors (Lipinski definition) is 10. The van der Waals surface area contributed by atoms with Gasteiger partial charge < -0.3 is 36.1 Å². The Morgan fingerprint density at radius 3 is 2.39 bits per heavy atom. The van der Waals surface area contributed by atoms with Crippen molar-refractivity contribution >= 4 is 57.8 Å². The summed E-state index contributed by atoms with van der Waals surface area (Å²) in [5.41, 5.74) is 7.84. The molecule has 15 nitrogen and oxygen atoms in total. The molecule has 1 atom stereocenters. The van der Waals surface area contributed by atoms with Crippen molar-refractivity contribution in [1.29, 1.82) is 10.8 Å². The molecule has 5 heterocycles. The number of rotatable bonds is 14. The van der Waals surface area contributed by atoms with Crippen molar-refractivity contribution in [3.8, 4) is 0 Å². The Hall–Kier alpha value is -6.62. The third-order valence-corrected chi connectivity index (χ3v) is 13.5. The van der Waals surface area contributed by atoms with Crippen molar-refractivity contribution in [3.63, 3.8) is 0 Å². The number of nitrogens with one attached hydrogen (secondary N) is 6. The second-order valence-electron chi connectivity index (χ2n) is 17.7. The molecule has 66 heavy (non-hydrogen) atoms. The van der Waals surface area contributed by atoms with Crippen LogP contribution < -0.4 is 31.9 Å². The maximum Gasteiger partial charge on any atom is 0.329 e. The molecule has 17 heteroatoms. The van der Waals surface area contributed by atoms with E-state index in [9.17, 15) is 33.4 Å². The Bertz CT molecular complexity index is 2660. The minimum atomic E-state index is -2.77. The number of halogens is 2. The van der Waals surface area contributed by atoms with Crippen molar-refractivity contribution < 1.29 is 23.2 Å². The predicted octanol–water partition coefficient (Wildman–Crippen LogP) is 5.61. The molecule has 0 saturated carbocycles. The molecule has 1 unspecified atom stereocenters. The number of fused-ring (bicyclic) bond motifs is 2. The third kappa shape index (κ3) is 9.66. The highest BCUT2D eigenvalue weighted by molar-refractivity contribution is 6.11. The van der Waals surface area contributed by atoms with Crippen LogP contribution in [0.4, 0.5) is 20.2 Å². The molecule has 3 aromatic carbocycles. The van der Waals surface area contributed by atoms with Crippen LogP contribution in [0.2, 0.25) is 0 Å². The zero-order valence-electron chi connectivity index (χ0n) is 37.8. The summed E-state index contributed by atoms with van der Waals surface area (Å²) in [6, 6.07) is 16.9. The van der Waals surface area contributed by atoms with Gasteiger partial charge in [0.1, 0.15) is 11.9 Å². The fourth-order valence-corrected chi connectivity index (χ4v) is 9.80. The SMILES string of the molecule is CN/C=C(\C=N)c1cc2c(cc1C(F)F)N(C(=N)C1=C(NC3CCN(CCc4ccc(CNc5ccc6c(c5)n(C)c(=O)n6C5CCC(=O)NC5=O)cc4)CC3)CCN(C(C)=O)C1)CCC2.